The van der Waals surface area contributed by atoms with Crippen LogP contribution in [0.2, 0.25) is 0 Å². The standard InChI is InChI=1S/C15H19N5S/c1-10(15-11(2)17-12(3)21-15)16-8-7-14-19-18-13-6-4-5-9-20(13)14/h4-6,9-10,16H,7-8H2,1-3H3. The minimum absolute atomic E-state index is 0.315. The van der Waals surface area contributed by atoms with E-state index < -0.39 is 0 Å². The van der Waals surface area contributed by atoms with E-state index in [1.807, 2.05) is 28.8 Å². The van der Waals surface area contributed by atoms with Gasteiger partial charge in [-0.15, -0.1) is 21.5 Å². The van der Waals surface area contributed by atoms with Crippen molar-refractivity contribution in [1.82, 2.24) is 24.9 Å². The summed E-state index contributed by atoms with van der Waals surface area (Å²) in [5, 5.41) is 13.1. The van der Waals surface area contributed by atoms with E-state index in [9.17, 15) is 0 Å². The zero-order valence-electron chi connectivity index (χ0n) is 12.5. The molecule has 21 heavy (non-hydrogen) atoms. The van der Waals surface area contributed by atoms with Crippen molar-refractivity contribution in [2.45, 2.75) is 33.2 Å². The first kappa shape index (κ1) is 14.2. The molecule has 3 heterocycles. The average Bonchev–Trinajstić information content (AvgIpc) is 3.02. The van der Waals surface area contributed by atoms with Crippen LogP contribution in [0, 0.1) is 13.8 Å². The second-order valence-electron chi connectivity index (χ2n) is 5.15. The molecule has 0 fully saturated rings. The van der Waals surface area contributed by atoms with E-state index in [1.54, 1.807) is 11.3 Å². The van der Waals surface area contributed by atoms with Gasteiger partial charge in [-0.1, -0.05) is 6.07 Å². The fourth-order valence-electron chi connectivity index (χ4n) is 2.50. The largest absolute Gasteiger partial charge is 0.309 e. The van der Waals surface area contributed by atoms with Crippen LogP contribution in [0.25, 0.3) is 5.65 Å². The minimum Gasteiger partial charge on any atom is -0.309 e. The Balaban J connectivity index is 1.62. The van der Waals surface area contributed by atoms with Gasteiger partial charge in [-0.3, -0.25) is 4.40 Å². The van der Waals surface area contributed by atoms with Crippen LogP contribution in [0.5, 0.6) is 0 Å². The summed E-state index contributed by atoms with van der Waals surface area (Å²) in [6.07, 6.45) is 2.86. The van der Waals surface area contributed by atoms with Gasteiger partial charge in [0.1, 0.15) is 5.82 Å². The van der Waals surface area contributed by atoms with Crippen molar-refractivity contribution in [3.05, 3.63) is 45.8 Å². The van der Waals surface area contributed by atoms with Crippen molar-refractivity contribution in [2.75, 3.05) is 6.54 Å². The van der Waals surface area contributed by atoms with Gasteiger partial charge >= 0.3 is 0 Å². The zero-order chi connectivity index (χ0) is 14.8. The lowest BCUT2D eigenvalue weighted by Gasteiger charge is -2.12. The molecule has 0 bridgehead atoms. The summed E-state index contributed by atoms with van der Waals surface area (Å²) in [5.41, 5.74) is 2.03. The maximum atomic E-state index is 4.48. The van der Waals surface area contributed by atoms with E-state index in [1.165, 1.54) is 4.88 Å². The molecule has 0 saturated heterocycles. The molecule has 1 N–H and O–H groups in total. The van der Waals surface area contributed by atoms with Crippen LogP contribution < -0.4 is 5.32 Å². The van der Waals surface area contributed by atoms with Crippen LogP contribution in [0.4, 0.5) is 0 Å². The Morgan fingerprint density at radius 3 is 2.90 bits per heavy atom. The number of hydrogen-bond acceptors (Lipinski definition) is 5. The Labute approximate surface area is 128 Å². The first-order valence-corrected chi connectivity index (χ1v) is 7.93. The summed E-state index contributed by atoms with van der Waals surface area (Å²) in [7, 11) is 0. The molecule has 3 aromatic rings. The van der Waals surface area contributed by atoms with Crippen molar-refractivity contribution in [3.8, 4) is 0 Å². The lowest BCUT2D eigenvalue weighted by atomic mass is 10.2. The molecule has 0 amide bonds. The summed E-state index contributed by atoms with van der Waals surface area (Å²) in [5.74, 6) is 0.988. The van der Waals surface area contributed by atoms with E-state index in [4.69, 9.17) is 0 Å². The SMILES string of the molecule is Cc1nc(C)c(C(C)NCCc2nnc3ccccn23)s1. The number of nitrogens with one attached hydrogen (secondary N) is 1. The van der Waals surface area contributed by atoms with E-state index in [0.29, 0.717) is 6.04 Å². The van der Waals surface area contributed by atoms with Gasteiger partial charge in [0, 0.05) is 30.1 Å². The Morgan fingerprint density at radius 1 is 1.29 bits per heavy atom. The van der Waals surface area contributed by atoms with Gasteiger partial charge in [0.05, 0.1) is 10.7 Å². The highest BCUT2D eigenvalue weighted by atomic mass is 32.1. The van der Waals surface area contributed by atoms with Crippen LogP contribution in [-0.4, -0.2) is 26.1 Å². The normalized spacial score (nSPS) is 12.9. The van der Waals surface area contributed by atoms with E-state index in [2.05, 4.69) is 41.3 Å². The smallest absolute Gasteiger partial charge is 0.160 e. The minimum atomic E-state index is 0.315. The predicted molar refractivity (Wildman–Crippen MR) is 84.7 cm³/mol. The van der Waals surface area contributed by atoms with E-state index >= 15 is 0 Å². The molecule has 0 aliphatic heterocycles. The third-order valence-corrected chi connectivity index (χ3v) is 4.77. The molecule has 0 aromatic carbocycles. The molecule has 0 radical (unpaired) electrons. The van der Waals surface area contributed by atoms with Gasteiger partial charge in [0.2, 0.25) is 0 Å². The van der Waals surface area contributed by atoms with E-state index in [0.717, 1.165) is 35.1 Å². The predicted octanol–water partition coefficient (Wildman–Crippen LogP) is 2.70. The maximum absolute atomic E-state index is 4.48. The first-order valence-electron chi connectivity index (χ1n) is 7.11. The molecule has 5 nitrogen and oxygen atoms in total. The van der Waals surface area contributed by atoms with E-state index in [-0.39, 0.29) is 0 Å². The van der Waals surface area contributed by atoms with Crippen molar-refractivity contribution < 1.29 is 0 Å². The van der Waals surface area contributed by atoms with Gasteiger partial charge in [-0.2, -0.15) is 0 Å². The number of rotatable bonds is 5. The number of fused-ring (bicyclic) bond motifs is 1. The summed E-state index contributed by atoms with van der Waals surface area (Å²) in [6.45, 7) is 7.17. The maximum Gasteiger partial charge on any atom is 0.160 e. The molecule has 0 saturated carbocycles. The molecule has 1 unspecified atom stereocenters. The Hall–Kier alpha value is -1.79. The van der Waals surface area contributed by atoms with Crippen molar-refractivity contribution in [1.29, 1.82) is 0 Å². The van der Waals surface area contributed by atoms with Crippen molar-refractivity contribution >= 4 is 17.0 Å². The monoisotopic (exact) mass is 301 g/mol. The Morgan fingerprint density at radius 2 is 2.14 bits per heavy atom. The van der Waals surface area contributed by atoms with Crippen LogP contribution >= 0.6 is 11.3 Å². The molecule has 110 valence electrons. The topological polar surface area (TPSA) is 55.1 Å². The fraction of sp³-hybridized carbons (Fsp3) is 0.400. The zero-order valence-corrected chi connectivity index (χ0v) is 13.3. The highest BCUT2D eigenvalue weighted by Gasteiger charge is 2.12. The second kappa shape index (κ2) is 5.91. The van der Waals surface area contributed by atoms with Crippen molar-refractivity contribution in [2.24, 2.45) is 0 Å². The molecule has 1 atom stereocenters. The van der Waals surface area contributed by atoms with Gasteiger partial charge in [-0.25, -0.2) is 4.98 Å². The number of hydrogen-bond donors (Lipinski definition) is 1. The number of nitrogens with zero attached hydrogens (tertiary/aromatic N) is 4. The number of thiazole rings is 1. The number of aromatic nitrogens is 4. The van der Waals surface area contributed by atoms with Crippen LogP contribution in [0.15, 0.2) is 24.4 Å². The third kappa shape index (κ3) is 2.96. The van der Waals surface area contributed by atoms with Crippen LogP contribution in [-0.2, 0) is 6.42 Å². The van der Waals surface area contributed by atoms with Gasteiger partial charge in [0.15, 0.2) is 5.65 Å². The molecule has 0 aliphatic rings. The Kier molecular flexibility index (Phi) is 3.98. The van der Waals surface area contributed by atoms with Gasteiger partial charge in [0.25, 0.3) is 0 Å². The Bertz CT molecular complexity index is 745. The molecular formula is C15H19N5S. The molecular weight excluding hydrogens is 282 g/mol. The highest BCUT2D eigenvalue weighted by Crippen LogP contribution is 2.24. The van der Waals surface area contributed by atoms with Gasteiger partial charge < -0.3 is 5.32 Å². The van der Waals surface area contributed by atoms with Crippen molar-refractivity contribution in [3.63, 3.8) is 0 Å². The molecule has 3 aromatic heterocycles. The highest BCUT2D eigenvalue weighted by molar-refractivity contribution is 7.11. The number of aryl methyl sites for hydroxylation is 2. The molecule has 6 heteroatoms. The van der Waals surface area contributed by atoms with Gasteiger partial charge in [-0.05, 0) is 32.9 Å². The first-order chi connectivity index (χ1) is 10.1. The lowest BCUT2D eigenvalue weighted by molar-refractivity contribution is 0.573. The molecule has 0 spiro atoms. The third-order valence-electron chi connectivity index (χ3n) is 3.52. The summed E-state index contributed by atoms with van der Waals surface area (Å²) >= 11 is 1.77. The quantitative estimate of drug-likeness (QED) is 0.787. The molecule has 0 aliphatic carbocycles. The molecule has 3 rings (SSSR count). The average molecular weight is 301 g/mol. The second-order valence-corrected chi connectivity index (χ2v) is 6.39. The lowest BCUT2D eigenvalue weighted by Crippen LogP contribution is -2.22. The van der Waals surface area contributed by atoms with Crippen LogP contribution in [0.3, 0.4) is 0 Å². The summed E-state index contributed by atoms with van der Waals surface area (Å²) in [6, 6.07) is 6.26. The summed E-state index contributed by atoms with van der Waals surface area (Å²) < 4.78 is 2.04. The fourth-order valence-corrected chi connectivity index (χ4v) is 3.46. The summed E-state index contributed by atoms with van der Waals surface area (Å²) in [4.78, 5) is 5.80. The number of pyridine rings is 1. The van der Waals surface area contributed by atoms with Crippen LogP contribution in [0.1, 0.15) is 34.4 Å².